The average Bonchev–Trinajstić information content (AvgIpc) is 3.34. The Morgan fingerprint density at radius 3 is 2.55 bits per heavy atom. The first-order valence-corrected chi connectivity index (χ1v) is 10.2. The SMILES string of the molecule is Clc1ccc(C2(OC/C=C/c3ccccc3)c3ccccc3C3=NCCN32)cc1. The van der Waals surface area contributed by atoms with Crippen LogP contribution in [-0.2, 0) is 10.5 Å². The van der Waals surface area contributed by atoms with Gasteiger partial charge in [-0.3, -0.25) is 4.99 Å². The van der Waals surface area contributed by atoms with Gasteiger partial charge < -0.3 is 9.64 Å². The van der Waals surface area contributed by atoms with Crippen LogP contribution in [0.5, 0.6) is 0 Å². The number of fused-ring (bicyclic) bond motifs is 3. The molecule has 2 aliphatic heterocycles. The van der Waals surface area contributed by atoms with Crippen molar-refractivity contribution in [2.24, 2.45) is 4.99 Å². The molecule has 5 rings (SSSR count). The summed E-state index contributed by atoms with van der Waals surface area (Å²) in [6.07, 6.45) is 4.16. The molecule has 0 aromatic heterocycles. The Labute approximate surface area is 175 Å². The molecular formula is C25H21ClN2O. The normalized spacial score (nSPS) is 20.0. The van der Waals surface area contributed by atoms with E-state index in [2.05, 4.69) is 65.6 Å². The Bertz CT molecular complexity index is 1080. The van der Waals surface area contributed by atoms with Crippen LogP contribution in [0.25, 0.3) is 6.08 Å². The summed E-state index contributed by atoms with van der Waals surface area (Å²) in [4.78, 5) is 7.06. The van der Waals surface area contributed by atoms with Gasteiger partial charge in [-0.15, -0.1) is 0 Å². The van der Waals surface area contributed by atoms with E-state index in [4.69, 9.17) is 21.3 Å². The molecule has 0 saturated heterocycles. The zero-order chi connectivity index (χ0) is 19.7. The quantitative estimate of drug-likeness (QED) is 0.577. The van der Waals surface area contributed by atoms with E-state index in [0.717, 1.165) is 46.2 Å². The van der Waals surface area contributed by atoms with Crippen LogP contribution < -0.4 is 0 Å². The molecule has 0 bridgehead atoms. The molecular weight excluding hydrogens is 380 g/mol. The fourth-order valence-electron chi connectivity index (χ4n) is 4.25. The van der Waals surface area contributed by atoms with Crippen LogP contribution in [0, 0.1) is 0 Å². The first kappa shape index (κ1) is 18.2. The van der Waals surface area contributed by atoms with Gasteiger partial charge in [0, 0.05) is 28.3 Å². The summed E-state index contributed by atoms with van der Waals surface area (Å²) in [7, 11) is 0. The number of benzene rings is 3. The molecule has 1 atom stereocenters. The van der Waals surface area contributed by atoms with Gasteiger partial charge in [0.15, 0.2) is 5.72 Å². The molecule has 3 nitrogen and oxygen atoms in total. The highest BCUT2D eigenvalue weighted by molar-refractivity contribution is 6.30. The Hall–Kier alpha value is -2.88. The molecule has 0 amide bonds. The summed E-state index contributed by atoms with van der Waals surface area (Å²) in [6.45, 7) is 2.09. The third kappa shape index (κ3) is 3.07. The Kier molecular flexibility index (Phi) is 4.70. The summed E-state index contributed by atoms with van der Waals surface area (Å²) >= 11 is 6.18. The van der Waals surface area contributed by atoms with E-state index in [-0.39, 0.29) is 0 Å². The lowest BCUT2D eigenvalue weighted by Gasteiger charge is -2.38. The van der Waals surface area contributed by atoms with Crippen molar-refractivity contribution in [1.29, 1.82) is 0 Å². The highest BCUT2D eigenvalue weighted by atomic mass is 35.5. The van der Waals surface area contributed by atoms with Gasteiger partial charge in [-0.25, -0.2) is 0 Å². The van der Waals surface area contributed by atoms with E-state index >= 15 is 0 Å². The van der Waals surface area contributed by atoms with Crippen molar-refractivity contribution in [3.05, 3.63) is 112 Å². The fraction of sp³-hybridized carbons (Fsp3) is 0.160. The van der Waals surface area contributed by atoms with E-state index in [1.807, 2.05) is 30.3 Å². The Balaban J connectivity index is 1.55. The van der Waals surface area contributed by atoms with E-state index in [9.17, 15) is 0 Å². The monoisotopic (exact) mass is 400 g/mol. The first-order valence-electron chi connectivity index (χ1n) is 9.82. The van der Waals surface area contributed by atoms with Gasteiger partial charge in [-0.2, -0.15) is 0 Å². The van der Waals surface area contributed by atoms with Crippen molar-refractivity contribution in [1.82, 2.24) is 4.90 Å². The van der Waals surface area contributed by atoms with E-state index < -0.39 is 5.72 Å². The molecule has 3 aromatic rings. The average molecular weight is 401 g/mol. The lowest BCUT2D eigenvalue weighted by atomic mass is 9.93. The second-order valence-electron chi connectivity index (χ2n) is 7.18. The van der Waals surface area contributed by atoms with Crippen molar-refractivity contribution >= 4 is 23.5 Å². The molecule has 4 heteroatoms. The molecule has 144 valence electrons. The number of amidine groups is 1. The third-order valence-electron chi connectivity index (χ3n) is 5.49. The highest BCUT2D eigenvalue weighted by Crippen LogP contribution is 2.46. The molecule has 3 aromatic carbocycles. The molecule has 0 aliphatic carbocycles. The van der Waals surface area contributed by atoms with Gasteiger partial charge >= 0.3 is 0 Å². The van der Waals surface area contributed by atoms with Crippen LogP contribution >= 0.6 is 11.6 Å². The van der Waals surface area contributed by atoms with Crippen molar-refractivity contribution < 1.29 is 4.74 Å². The molecule has 0 saturated carbocycles. The van der Waals surface area contributed by atoms with Crippen LogP contribution in [-0.4, -0.2) is 30.4 Å². The van der Waals surface area contributed by atoms with Gasteiger partial charge in [-0.1, -0.05) is 90.5 Å². The Morgan fingerprint density at radius 1 is 0.966 bits per heavy atom. The number of nitrogens with zero attached hydrogens (tertiary/aromatic N) is 2. The smallest absolute Gasteiger partial charge is 0.196 e. The predicted octanol–water partition coefficient (Wildman–Crippen LogP) is 5.35. The van der Waals surface area contributed by atoms with Crippen LogP contribution in [0.2, 0.25) is 5.02 Å². The number of hydrogen-bond donors (Lipinski definition) is 0. The lowest BCUT2D eigenvalue weighted by molar-refractivity contribution is -0.0817. The van der Waals surface area contributed by atoms with Crippen molar-refractivity contribution in [3.8, 4) is 0 Å². The number of rotatable bonds is 5. The van der Waals surface area contributed by atoms with E-state index in [1.165, 1.54) is 0 Å². The summed E-state index contributed by atoms with van der Waals surface area (Å²) in [5.74, 6) is 1.02. The standard InChI is InChI=1S/C25H21ClN2O/c26-21-14-12-20(13-15-21)25(29-18-6-9-19-7-2-1-3-8-19)23-11-5-4-10-22(23)24-27-16-17-28(24)25/h1-15H,16-18H2/b9-6+. The van der Waals surface area contributed by atoms with Gasteiger partial charge in [0.1, 0.15) is 5.84 Å². The molecule has 0 fully saturated rings. The third-order valence-corrected chi connectivity index (χ3v) is 5.74. The van der Waals surface area contributed by atoms with Crippen LogP contribution in [0.1, 0.15) is 22.3 Å². The molecule has 2 heterocycles. The minimum absolute atomic E-state index is 0.482. The maximum Gasteiger partial charge on any atom is 0.196 e. The lowest BCUT2D eigenvalue weighted by Crippen LogP contribution is -2.46. The molecule has 2 aliphatic rings. The van der Waals surface area contributed by atoms with Crippen LogP contribution in [0.4, 0.5) is 0 Å². The summed E-state index contributed by atoms with van der Waals surface area (Å²) < 4.78 is 6.69. The van der Waals surface area contributed by atoms with Crippen molar-refractivity contribution in [2.75, 3.05) is 19.7 Å². The minimum Gasteiger partial charge on any atom is -0.343 e. The number of ether oxygens (including phenoxy) is 1. The number of halogens is 1. The zero-order valence-corrected chi connectivity index (χ0v) is 16.7. The molecule has 29 heavy (non-hydrogen) atoms. The van der Waals surface area contributed by atoms with Gasteiger partial charge in [0.2, 0.25) is 0 Å². The highest BCUT2D eigenvalue weighted by Gasteiger charge is 2.51. The first-order chi connectivity index (χ1) is 14.3. The van der Waals surface area contributed by atoms with Crippen molar-refractivity contribution in [2.45, 2.75) is 5.72 Å². The van der Waals surface area contributed by atoms with Gasteiger partial charge in [-0.05, 0) is 17.7 Å². The van der Waals surface area contributed by atoms with Crippen LogP contribution in [0.15, 0.2) is 89.9 Å². The van der Waals surface area contributed by atoms with Gasteiger partial charge in [0.25, 0.3) is 0 Å². The zero-order valence-electron chi connectivity index (χ0n) is 16.0. The second-order valence-corrected chi connectivity index (χ2v) is 7.61. The number of aliphatic imine (C=N–C) groups is 1. The summed E-state index contributed by atoms with van der Waals surface area (Å²) in [5.41, 5.74) is 3.81. The second kappa shape index (κ2) is 7.51. The molecule has 0 radical (unpaired) electrons. The maximum atomic E-state index is 6.69. The van der Waals surface area contributed by atoms with Crippen molar-refractivity contribution in [3.63, 3.8) is 0 Å². The Morgan fingerprint density at radius 2 is 1.72 bits per heavy atom. The molecule has 0 spiro atoms. The minimum atomic E-state index is -0.697. The molecule has 1 unspecified atom stereocenters. The van der Waals surface area contributed by atoms with Crippen LogP contribution in [0.3, 0.4) is 0 Å². The summed E-state index contributed by atoms with van der Waals surface area (Å²) in [6, 6.07) is 26.6. The maximum absolute atomic E-state index is 6.69. The predicted molar refractivity (Wildman–Crippen MR) is 118 cm³/mol. The van der Waals surface area contributed by atoms with E-state index in [1.54, 1.807) is 0 Å². The summed E-state index contributed by atoms with van der Waals surface area (Å²) in [5, 5.41) is 0.717. The largest absolute Gasteiger partial charge is 0.343 e. The molecule has 0 N–H and O–H groups in total. The number of hydrogen-bond acceptors (Lipinski definition) is 3. The van der Waals surface area contributed by atoms with Gasteiger partial charge in [0.05, 0.1) is 13.2 Å². The topological polar surface area (TPSA) is 24.8 Å². The van der Waals surface area contributed by atoms with E-state index in [0.29, 0.717) is 6.61 Å². The fourth-order valence-corrected chi connectivity index (χ4v) is 4.37.